The summed E-state index contributed by atoms with van der Waals surface area (Å²) in [5.41, 5.74) is 2.68. The largest absolute Gasteiger partial charge is 0.436 e. The minimum atomic E-state index is -0.557. The maximum absolute atomic E-state index is 12.4. The Labute approximate surface area is 176 Å². The highest BCUT2D eigenvalue weighted by Crippen LogP contribution is 2.27. The average molecular weight is 412 g/mol. The third-order valence-corrected chi connectivity index (χ3v) is 5.03. The first-order valence-electron chi connectivity index (χ1n) is 9.72. The molecule has 1 aliphatic rings. The van der Waals surface area contributed by atoms with E-state index in [1.807, 2.05) is 30.3 Å². The summed E-state index contributed by atoms with van der Waals surface area (Å²) in [6.45, 7) is -0.0477. The van der Waals surface area contributed by atoms with Gasteiger partial charge in [0.2, 0.25) is 5.89 Å². The minimum absolute atomic E-state index is 0.0477. The van der Waals surface area contributed by atoms with Crippen LogP contribution in [0.4, 0.5) is 0 Å². The molecule has 0 unspecified atom stereocenters. The van der Waals surface area contributed by atoms with E-state index >= 15 is 0 Å². The van der Waals surface area contributed by atoms with Gasteiger partial charge in [0.15, 0.2) is 5.58 Å². The normalized spacial score (nSPS) is 13.0. The van der Waals surface area contributed by atoms with Crippen LogP contribution in [0.15, 0.2) is 77.2 Å². The molecule has 7 heteroatoms. The maximum atomic E-state index is 12.4. The van der Waals surface area contributed by atoms with Crippen LogP contribution in [-0.4, -0.2) is 34.2 Å². The second-order valence-electron chi connectivity index (χ2n) is 7.05. The second-order valence-corrected chi connectivity index (χ2v) is 7.05. The molecular weight excluding hydrogens is 396 g/mol. The lowest BCUT2D eigenvalue weighted by atomic mass is 10.1. The van der Waals surface area contributed by atoms with Crippen LogP contribution in [0.3, 0.4) is 0 Å². The molecule has 0 saturated carbocycles. The van der Waals surface area contributed by atoms with Crippen LogP contribution in [-0.2, 0) is 4.79 Å². The molecule has 152 valence electrons. The monoisotopic (exact) mass is 412 g/mol. The Morgan fingerprint density at radius 3 is 2.29 bits per heavy atom. The van der Waals surface area contributed by atoms with E-state index in [2.05, 4.69) is 4.98 Å². The number of imide groups is 1. The van der Waals surface area contributed by atoms with Crippen LogP contribution in [0, 0.1) is 0 Å². The third kappa shape index (κ3) is 3.46. The van der Waals surface area contributed by atoms with Gasteiger partial charge in [-0.3, -0.25) is 19.3 Å². The number of hydrogen-bond donors (Lipinski definition) is 0. The van der Waals surface area contributed by atoms with Crippen LogP contribution in [0.2, 0.25) is 0 Å². The summed E-state index contributed by atoms with van der Waals surface area (Å²) in [7, 11) is 0. The van der Waals surface area contributed by atoms with Gasteiger partial charge >= 0.3 is 5.97 Å². The lowest BCUT2D eigenvalue weighted by Crippen LogP contribution is -2.32. The van der Waals surface area contributed by atoms with Crippen LogP contribution >= 0.6 is 0 Å². The van der Waals surface area contributed by atoms with Crippen molar-refractivity contribution in [1.29, 1.82) is 0 Å². The zero-order valence-corrected chi connectivity index (χ0v) is 16.3. The summed E-state index contributed by atoms with van der Waals surface area (Å²) in [5, 5.41) is 0. The quantitative estimate of drug-likeness (QED) is 0.279. The van der Waals surface area contributed by atoms with Gasteiger partial charge in [-0.15, -0.1) is 0 Å². The summed E-state index contributed by atoms with van der Waals surface area (Å²) >= 11 is 0. The fourth-order valence-electron chi connectivity index (χ4n) is 3.50. The Hall–Kier alpha value is -4.26. The highest BCUT2D eigenvalue weighted by atomic mass is 16.5. The minimum Gasteiger partial charge on any atom is -0.436 e. The summed E-state index contributed by atoms with van der Waals surface area (Å²) in [5.74, 6) is -0.575. The maximum Gasteiger partial charge on any atom is 0.313 e. The Morgan fingerprint density at radius 2 is 1.58 bits per heavy atom. The molecule has 4 aromatic rings. The first-order chi connectivity index (χ1) is 15.1. The van der Waals surface area contributed by atoms with Gasteiger partial charge in [-0.2, -0.15) is 0 Å². The van der Waals surface area contributed by atoms with E-state index in [0.717, 1.165) is 10.5 Å². The molecule has 0 atom stereocenters. The third-order valence-electron chi connectivity index (χ3n) is 5.03. The van der Waals surface area contributed by atoms with Crippen molar-refractivity contribution in [2.24, 2.45) is 0 Å². The molecule has 0 saturated heterocycles. The molecule has 7 nitrogen and oxygen atoms in total. The molecule has 0 fully saturated rings. The van der Waals surface area contributed by atoms with E-state index < -0.39 is 17.8 Å². The number of carbonyl (C=O) groups is 3. The standard InChI is InChI=1S/C24H16N2O5/c27-21(12-13-26-23(28)17-8-4-5-9-18(17)24(26)29)30-16-10-11-19-20(14-16)31-22(25-19)15-6-2-1-3-7-15/h1-11,14H,12-13H2. The number of oxazole rings is 1. The summed E-state index contributed by atoms with van der Waals surface area (Å²) in [6, 6.07) is 21.0. The van der Waals surface area contributed by atoms with E-state index in [9.17, 15) is 14.4 Å². The van der Waals surface area contributed by atoms with Crippen molar-refractivity contribution >= 4 is 28.9 Å². The summed E-state index contributed by atoms with van der Waals surface area (Å²) in [6.07, 6.45) is -0.116. The van der Waals surface area contributed by atoms with Crippen LogP contribution in [0.25, 0.3) is 22.6 Å². The van der Waals surface area contributed by atoms with Crippen molar-refractivity contribution in [2.45, 2.75) is 6.42 Å². The number of ether oxygens (including phenoxy) is 1. The lowest BCUT2D eigenvalue weighted by Gasteiger charge is -2.13. The van der Waals surface area contributed by atoms with Crippen molar-refractivity contribution < 1.29 is 23.5 Å². The van der Waals surface area contributed by atoms with Gasteiger partial charge in [0.1, 0.15) is 11.3 Å². The van der Waals surface area contributed by atoms with E-state index in [1.165, 1.54) is 0 Å². The van der Waals surface area contributed by atoms with Gasteiger partial charge in [-0.25, -0.2) is 4.98 Å². The molecule has 31 heavy (non-hydrogen) atoms. The van der Waals surface area contributed by atoms with Crippen molar-refractivity contribution in [1.82, 2.24) is 9.88 Å². The molecule has 0 spiro atoms. The van der Waals surface area contributed by atoms with Gasteiger partial charge in [0.25, 0.3) is 11.8 Å². The van der Waals surface area contributed by atoms with Gasteiger partial charge in [0.05, 0.1) is 17.5 Å². The Morgan fingerprint density at radius 1 is 0.903 bits per heavy atom. The number of esters is 1. The summed E-state index contributed by atoms with van der Waals surface area (Å²) in [4.78, 5) is 42.6. The molecule has 0 radical (unpaired) electrons. The fraction of sp³-hybridized carbons (Fsp3) is 0.0833. The number of aromatic nitrogens is 1. The van der Waals surface area contributed by atoms with E-state index in [1.54, 1.807) is 42.5 Å². The van der Waals surface area contributed by atoms with Gasteiger partial charge in [0, 0.05) is 18.2 Å². The summed E-state index contributed by atoms with van der Waals surface area (Å²) < 4.78 is 11.2. The Bertz CT molecular complexity index is 1290. The molecule has 2 amide bonds. The number of fused-ring (bicyclic) bond motifs is 2. The molecule has 0 N–H and O–H groups in total. The molecule has 0 aliphatic carbocycles. The van der Waals surface area contributed by atoms with E-state index in [-0.39, 0.29) is 13.0 Å². The number of carbonyl (C=O) groups excluding carboxylic acids is 3. The van der Waals surface area contributed by atoms with Crippen molar-refractivity contribution in [2.75, 3.05) is 6.54 Å². The van der Waals surface area contributed by atoms with Crippen LogP contribution in [0.1, 0.15) is 27.1 Å². The molecule has 5 rings (SSSR count). The topological polar surface area (TPSA) is 89.7 Å². The SMILES string of the molecule is O=C(CCN1C(=O)c2ccccc2C1=O)Oc1ccc2nc(-c3ccccc3)oc2c1. The van der Waals surface area contributed by atoms with Crippen LogP contribution < -0.4 is 4.74 Å². The predicted octanol–water partition coefficient (Wildman–Crippen LogP) is 4.09. The highest BCUT2D eigenvalue weighted by Gasteiger charge is 2.35. The first-order valence-corrected chi connectivity index (χ1v) is 9.72. The number of amides is 2. The number of rotatable bonds is 5. The predicted molar refractivity (Wildman–Crippen MR) is 112 cm³/mol. The van der Waals surface area contributed by atoms with Crippen molar-refractivity contribution in [3.8, 4) is 17.2 Å². The number of benzene rings is 3. The highest BCUT2D eigenvalue weighted by molar-refractivity contribution is 6.21. The fourth-order valence-corrected chi connectivity index (χ4v) is 3.50. The molecule has 0 bridgehead atoms. The number of hydrogen-bond acceptors (Lipinski definition) is 6. The molecule has 2 heterocycles. The molecular formula is C24H16N2O5. The zero-order valence-electron chi connectivity index (χ0n) is 16.3. The van der Waals surface area contributed by atoms with Crippen molar-refractivity contribution in [3.63, 3.8) is 0 Å². The Kier molecular flexibility index (Phi) is 4.55. The Balaban J connectivity index is 1.26. The molecule has 1 aliphatic heterocycles. The number of nitrogens with zero attached hydrogens (tertiary/aromatic N) is 2. The average Bonchev–Trinajstić information content (AvgIpc) is 3.32. The van der Waals surface area contributed by atoms with Gasteiger partial charge in [-0.1, -0.05) is 30.3 Å². The van der Waals surface area contributed by atoms with Crippen molar-refractivity contribution in [3.05, 3.63) is 83.9 Å². The van der Waals surface area contributed by atoms with Gasteiger partial charge in [-0.05, 0) is 36.4 Å². The zero-order chi connectivity index (χ0) is 21.4. The smallest absolute Gasteiger partial charge is 0.313 e. The lowest BCUT2D eigenvalue weighted by molar-refractivity contribution is -0.134. The van der Waals surface area contributed by atoms with Crippen LogP contribution in [0.5, 0.6) is 5.75 Å². The first kappa shape index (κ1) is 18.7. The molecule has 3 aromatic carbocycles. The van der Waals surface area contributed by atoms with E-state index in [0.29, 0.717) is 33.9 Å². The molecule has 1 aromatic heterocycles. The second kappa shape index (κ2) is 7.53. The van der Waals surface area contributed by atoms with Gasteiger partial charge < -0.3 is 9.15 Å². The van der Waals surface area contributed by atoms with E-state index in [4.69, 9.17) is 9.15 Å².